The van der Waals surface area contributed by atoms with Crippen molar-refractivity contribution < 1.29 is 0 Å². The lowest BCUT2D eigenvalue weighted by atomic mass is 9.88. The molecule has 0 radical (unpaired) electrons. The topological polar surface area (TPSA) is 24.4 Å². The van der Waals surface area contributed by atoms with Gasteiger partial charge in [0.2, 0.25) is 0 Å². The van der Waals surface area contributed by atoms with Crippen LogP contribution in [0.25, 0.3) is 11.1 Å². The normalized spacial score (nSPS) is 15.3. The molecule has 0 unspecified atom stereocenters. The third-order valence-electron chi connectivity index (χ3n) is 5.14. The molecule has 1 aliphatic heterocycles. The number of aryl methyl sites for hydroxylation is 3. The molecule has 0 fully saturated rings. The van der Waals surface area contributed by atoms with Crippen LogP contribution < -0.4 is 9.99 Å². The van der Waals surface area contributed by atoms with E-state index in [9.17, 15) is 0 Å². The molecule has 0 aliphatic carbocycles. The highest BCUT2D eigenvalue weighted by Crippen LogP contribution is 2.46. The second-order valence-corrected chi connectivity index (χ2v) is 9.67. The standard InChI is InChI=1S/C22H24N2S2/c1-6-15-7-9-16(10-8-15)23-21-19-17-11-13(2)14(3)12-18(17)24-22(4,5)20(19)25-26-21/h7-12,24H,6H2,1-5H3. The van der Waals surface area contributed by atoms with Crippen LogP contribution in [-0.2, 0) is 12.0 Å². The highest BCUT2D eigenvalue weighted by atomic mass is 32.9. The summed E-state index contributed by atoms with van der Waals surface area (Å²) in [6.07, 6.45) is 1.06. The molecule has 0 spiro atoms. The molecule has 134 valence electrons. The van der Waals surface area contributed by atoms with Gasteiger partial charge in [0.15, 0.2) is 0 Å². The first-order chi connectivity index (χ1) is 12.4. The van der Waals surface area contributed by atoms with Crippen LogP contribution in [-0.4, -0.2) is 0 Å². The van der Waals surface area contributed by atoms with E-state index in [1.54, 1.807) is 10.3 Å². The van der Waals surface area contributed by atoms with E-state index in [0.717, 1.165) is 16.8 Å². The Morgan fingerprint density at radius 3 is 2.38 bits per heavy atom. The monoisotopic (exact) mass is 380 g/mol. The first kappa shape index (κ1) is 17.5. The summed E-state index contributed by atoms with van der Waals surface area (Å²) in [4.78, 5) is 6.38. The van der Waals surface area contributed by atoms with Crippen molar-refractivity contribution in [3.05, 3.63) is 62.6 Å². The van der Waals surface area contributed by atoms with E-state index < -0.39 is 0 Å². The van der Waals surface area contributed by atoms with Crippen LogP contribution in [0.1, 0.15) is 42.3 Å². The minimum atomic E-state index is -0.0783. The van der Waals surface area contributed by atoms with Gasteiger partial charge < -0.3 is 5.32 Å². The Kier molecular flexibility index (Phi) is 4.28. The first-order valence-corrected chi connectivity index (χ1v) is 11.2. The van der Waals surface area contributed by atoms with Crippen LogP contribution in [0.4, 0.5) is 11.4 Å². The van der Waals surface area contributed by atoms with Crippen molar-refractivity contribution >= 4 is 32.1 Å². The lowest BCUT2D eigenvalue weighted by Gasteiger charge is -2.33. The molecule has 0 atom stereocenters. The molecule has 0 saturated heterocycles. The first-order valence-electron chi connectivity index (χ1n) is 9.06. The zero-order valence-electron chi connectivity index (χ0n) is 15.9. The largest absolute Gasteiger partial charge is 0.375 e. The molecule has 3 aromatic rings. The van der Waals surface area contributed by atoms with Gasteiger partial charge >= 0.3 is 0 Å². The number of hydrogen-bond acceptors (Lipinski definition) is 4. The SMILES string of the molecule is CCc1ccc(N=c2ssc3c2-c2cc(C)c(C)cc2NC3(C)C)cc1. The minimum absolute atomic E-state index is 0.0783. The van der Waals surface area contributed by atoms with E-state index in [0.29, 0.717) is 0 Å². The third kappa shape index (κ3) is 2.91. The number of nitrogens with one attached hydrogen (secondary N) is 1. The lowest BCUT2D eigenvalue weighted by Crippen LogP contribution is -2.31. The summed E-state index contributed by atoms with van der Waals surface area (Å²) in [5.74, 6) is 0. The second kappa shape index (κ2) is 6.36. The van der Waals surface area contributed by atoms with Gasteiger partial charge in [-0.1, -0.05) is 39.7 Å². The molecule has 2 heterocycles. The zero-order valence-corrected chi connectivity index (χ0v) is 17.6. The van der Waals surface area contributed by atoms with Crippen molar-refractivity contribution in [3.8, 4) is 11.1 Å². The van der Waals surface area contributed by atoms with Gasteiger partial charge in [-0.25, -0.2) is 4.99 Å². The molecule has 1 aromatic heterocycles. The van der Waals surface area contributed by atoms with Gasteiger partial charge in [0.1, 0.15) is 4.67 Å². The Bertz CT molecular complexity index is 1040. The molecule has 2 aromatic carbocycles. The van der Waals surface area contributed by atoms with Crippen molar-refractivity contribution in [2.24, 2.45) is 4.99 Å². The predicted molar refractivity (Wildman–Crippen MR) is 115 cm³/mol. The minimum Gasteiger partial charge on any atom is -0.375 e. The van der Waals surface area contributed by atoms with Crippen molar-refractivity contribution in [2.75, 3.05) is 5.32 Å². The van der Waals surface area contributed by atoms with Gasteiger partial charge in [-0.05, 0) is 75.1 Å². The Balaban J connectivity index is 1.94. The molecule has 0 amide bonds. The molecule has 4 rings (SSSR count). The van der Waals surface area contributed by atoms with Crippen LogP contribution in [0.3, 0.4) is 0 Å². The number of nitrogens with zero attached hydrogens (tertiary/aromatic N) is 1. The fraction of sp³-hybridized carbons (Fsp3) is 0.318. The maximum Gasteiger partial charge on any atom is 0.135 e. The van der Waals surface area contributed by atoms with E-state index in [1.165, 1.54) is 38.4 Å². The Morgan fingerprint density at radius 2 is 1.69 bits per heavy atom. The van der Waals surface area contributed by atoms with E-state index in [4.69, 9.17) is 4.99 Å². The van der Waals surface area contributed by atoms with E-state index >= 15 is 0 Å². The quantitative estimate of drug-likeness (QED) is 0.501. The summed E-state index contributed by atoms with van der Waals surface area (Å²) in [6.45, 7) is 11.1. The summed E-state index contributed by atoms with van der Waals surface area (Å²) >= 11 is 0. The van der Waals surface area contributed by atoms with Gasteiger partial charge in [-0.2, -0.15) is 0 Å². The summed E-state index contributed by atoms with van der Waals surface area (Å²) < 4.78 is 1.12. The molecular formula is C22H24N2S2. The third-order valence-corrected chi connectivity index (χ3v) is 7.78. The summed E-state index contributed by atoms with van der Waals surface area (Å²) in [6, 6.07) is 13.2. The summed E-state index contributed by atoms with van der Waals surface area (Å²) in [7, 11) is 3.63. The molecular weight excluding hydrogens is 356 g/mol. The predicted octanol–water partition coefficient (Wildman–Crippen LogP) is 6.55. The zero-order chi connectivity index (χ0) is 18.5. The molecule has 0 saturated carbocycles. The summed E-state index contributed by atoms with van der Waals surface area (Å²) in [5, 5.41) is 3.73. The highest BCUT2D eigenvalue weighted by molar-refractivity contribution is 7.68. The molecule has 1 N–H and O–H groups in total. The average molecular weight is 381 g/mol. The lowest BCUT2D eigenvalue weighted by molar-refractivity contribution is 0.619. The number of hydrogen-bond donors (Lipinski definition) is 1. The van der Waals surface area contributed by atoms with Gasteiger partial charge in [0, 0.05) is 16.8 Å². The second-order valence-electron chi connectivity index (χ2n) is 7.54. The Morgan fingerprint density at radius 1 is 1.00 bits per heavy atom. The van der Waals surface area contributed by atoms with Crippen LogP contribution in [0, 0.1) is 13.8 Å². The molecule has 2 nitrogen and oxygen atoms in total. The van der Waals surface area contributed by atoms with Crippen molar-refractivity contribution in [3.63, 3.8) is 0 Å². The van der Waals surface area contributed by atoms with Gasteiger partial charge in [-0.3, -0.25) is 0 Å². The van der Waals surface area contributed by atoms with Crippen molar-refractivity contribution in [1.29, 1.82) is 0 Å². The van der Waals surface area contributed by atoms with Crippen LogP contribution in [0.15, 0.2) is 41.4 Å². The van der Waals surface area contributed by atoms with Crippen molar-refractivity contribution in [2.45, 2.75) is 46.6 Å². The highest BCUT2D eigenvalue weighted by Gasteiger charge is 2.33. The smallest absolute Gasteiger partial charge is 0.135 e. The van der Waals surface area contributed by atoms with Crippen LogP contribution >= 0.6 is 20.7 Å². The Labute approximate surface area is 162 Å². The van der Waals surface area contributed by atoms with Crippen LogP contribution in [0.5, 0.6) is 0 Å². The number of rotatable bonds is 2. The van der Waals surface area contributed by atoms with E-state index in [-0.39, 0.29) is 5.54 Å². The van der Waals surface area contributed by atoms with Gasteiger partial charge in [0.05, 0.1) is 16.1 Å². The maximum absolute atomic E-state index is 5.01. The Hall–Kier alpha value is -1.91. The van der Waals surface area contributed by atoms with Crippen molar-refractivity contribution in [1.82, 2.24) is 0 Å². The fourth-order valence-corrected chi connectivity index (χ4v) is 6.37. The number of benzene rings is 2. The number of fused-ring (bicyclic) bond motifs is 3. The van der Waals surface area contributed by atoms with Gasteiger partial charge in [-0.15, -0.1) is 0 Å². The van der Waals surface area contributed by atoms with Gasteiger partial charge in [0.25, 0.3) is 0 Å². The van der Waals surface area contributed by atoms with Crippen LogP contribution in [0.2, 0.25) is 0 Å². The number of anilines is 1. The maximum atomic E-state index is 5.01. The van der Waals surface area contributed by atoms with E-state index in [2.05, 4.69) is 76.3 Å². The van der Waals surface area contributed by atoms with E-state index in [1.807, 2.05) is 10.3 Å². The summed E-state index contributed by atoms with van der Waals surface area (Å²) in [5.41, 5.74) is 8.75. The molecule has 1 aliphatic rings. The average Bonchev–Trinajstić information content (AvgIpc) is 3.02. The molecule has 0 bridgehead atoms. The molecule has 26 heavy (non-hydrogen) atoms. The molecule has 4 heteroatoms. The fourth-order valence-electron chi connectivity index (χ4n) is 3.43.